The molecule has 2 fully saturated rings. The number of furan rings is 1. The van der Waals surface area contributed by atoms with Crippen molar-refractivity contribution in [2.24, 2.45) is 22.6 Å². The van der Waals surface area contributed by atoms with E-state index in [2.05, 4.69) is 15.6 Å². The summed E-state index contributed by atoms with van der Waals surface area (Å²) >= 11 is 0. The van der Waals surface area contributed by atoms with E-state index in [9.17, 15) is 4.79 Å². The van der Waals surface area contributed by atoms with Crippen LogP contribution in [0, 0.1) is 11.8 Å². The van der Waals surface area contributed by atoms with Gasteiger partial charge in [-0.15, -0.1) is 24.0 Å². The number of hydrogen-bond donors (Lipinski definition) is 3. The topological polar surface area (TPSA) is 92.6 Å². The van der Waals surface area contributed by atoms with Crippen LogP contribution in [0.3, 0.4) is 0 Å². The van der Waals surface area contributed by atoms with Gasteiger partial charge in [0.1, 0.15) is 5.76 Å². The highest BCUT2D eigenvalue weighted by molar-refractivity contribution is 14.0. The van der Waals surface area contributed by atoms with E-state index in [0.717, 1.165) is 17.8 Å². The van der Waals surface area contributed by atoms with Gasteiger partial charge in [-0.25, -0.2) is 0 Å². The maximum atomic E-state index is 11.1. The zero-order valence-corrected chi connectivity index (χ0v) is 17.1. The molecule has 0 aliphatic heterocycles. The van der Waals surface area contributed by atoms with E-state index in [1.54, 1.807) is 19.2 Å². The van der Waals surface area contributed by atoms with Gasteiger partial charge >= 0.3 is 0 Å². The first-order valence-electron chi connectivity index (χ1n) is 9.01. The molecule has 4 N–H and O–H groups in total. The minimum atomic E-state index is -0.548. The lowest BCUT2D eigenvalue weighted by Gasteiger charge is -2.39. The lowest BCUT2D eigenvalue weighted by molar-refractivity contribution is 0.0972. The number of guanidine groups is 1. The minimum absolute atomic E-state index is 0. The van der Waals surface area contributed by atoms with Crippen molar-refractivity contribution in [2.45, 2.75) is 57.5 Å². The zero-order chi connectivity index (χ0) is 16.9. The molecule has 1 aromatic rings. The van der Waals surface area contributed by atoms with E-state index in [0.29, 0.717) is 18.3 Å². The maximum absolute atomic E-state index is 11.1. The average Bonchev–Trinajstić information content (AvgIpc) is 3.08. The molecule has 1 aromatic heterocycles. The van der Waals surface area contributed by atoms with Crippen molar-refractivity contribution in [2.75, 3.05) is 7.05 Å². The second kappa shape index (κ2) is 9.45. The van der Waals surface area contributed by atoms with Gasteiger partial charge in [-0.1, -0.05) is 25.7 Å². The molecule has 0 spiro atoms. The van der Waals surface area contributed by atoms with Crippen LogP contribution in [0.15, 0.2) is 21.5 Å². The van der Waals surface area contributed by atoms with Crippen molar-refractivity contribution in [3.63, 3.8) is 0 Å². The third-order valence-corrected chi connectivity index (χ3v) is 5.44. The molecule has 3 rings (SSSR count). The first-order chi connectivity index (χ1) is 11.7. The van der Waals surface area contributed by atoms with Crippen LogP contribution in [-0.2, 0) is 6.54 Å². The summed E-state index contributed by atoms with van der Waals surface area (Å²) in [5, 5.41) is 6.79. The first-order valence-corrected chi connectivity index (χ1v) is 9.01. The quantitative estimate of drug-likeness (QED) is 0.366. The molecule has 6 nitrogen and oxygen atoms in total. The summed E-state index contributed by atoms with van der Waals surface area (Å²) in [4.78, 5) is 15.4. The van der Waals surface area contributed by atoms with Gasteiger partial charge in [-0.2, -0.15) is 0 Å². The number of primary amides is 1. The van der Waals surface area contributed by atoms with Gasteiger partial charge in [0.05, 0.1) is 6.54 Å². The summed E-state index contributed by atoms with van der Waals surface area (Å²) in [5.74, 6) is 2.92. The summed E-state index contributed by atoms with van der Waals surface area (Å²) in [6.45, 7) is 0.478. The minimum Gasteiger partial charge on any atom is -0.454 e. The average molecular weight is 460 g/mol. The van der Waals surface area contributed by atoms with E-state index in [4.69, 9.17) is 10.2 Å². The number of halogens is 1. The number of rotatable bonds is 4. The third-order valence-electron chi connectivity index (χ3n) is 5.44. The molecule has 1 heterocycles. The maximum Gasteiger partial charge on any atom is 0.284 e. The predicted molar refractivity (Wildman–Crippen MR) is 109 cm³/mol. The molecule has 2 aliphatic carbocycles. The van der Waals surface area contributed by atoms with Crippen molar-refractivity contribution in [3.8, 4) is 0 Å². The molecule has 0 saturated heterocycles. The number of nitrogens with one attached hydrogen (secondary N) is 2. The zero-order valence-electron chi connectivity index (χ0n) is 14.8. The van der Waals surface area contributed by atoms with E-state index < -0.39 is 5.91 Å². The SMILES string of the molecule is CN=C(NCc1ccc(C(N)=O)o1)NC1CCC2CCCCC2C1.I. The number of carbonyl (C=O) groups excluding carboxylic acids is 1. The fraction of sp³-hybridized carbons (Fsp3) is 0.667. The molecule has 3 unspecified atom stereocenters. The summed E-state index contributed by atoms with van der Waals surface area (Å²) in [5.41, 5.74) is 5.20. The molecule has 3 atom stereocenters. The fourth-order valence-electron chi connectivity index (χ4n) is 4.17. The number of hydrogen-bond acceptors (Lipinski definition) is 3. The molecule has 2 aliphatic rings. The molecule has 0 bridgehead atoms. The van der Waals surface area contributed by atoms with Gasteiger partial charge in [0.15, 0.2) is 11.7 Å². The van der Waals surface area contributed by atoms with Gasteiger partial charge in [0.2, 0.25) is 0 Å². The number of aliphatic imine (C=N–C) groups is 1. The summed E-state index contributed by atoms with van der Waals surface area (Å²) in [6, 6.07) is 3.85. The van der Waals surface area contributed by atoms with Crippen LogP contribution >= 0.6 is 24.0 Å². The van der Waals surface area contributed by atoms with Gasteiger partial charge < -0.3 is 20.8 Å². The smallest absolute Gasteiger partial charge is 0.284 e. The van der Waals surface area contributed by atoms with E-state index >= 15 is 0 Å². The van der Waals surface area contributed by atoms with Crippen LogP contribution in [0.1, 0.15) is 61.3 Å². The van der Waals surface area contributed by atoms with Gasteiger partial charge in [0.25, 0.3) is 5.91 Å². The summed E-state index contributed by atoms with van der Waals surface area (Å²) in [6.07, 6.45) is 9.41. The van der Waals surface area contributed by atoms with Gasteiger partial charge in [-0.3, -0.25) is 9.79 Å². The number of amides is 1. The van der Waals surface area contributed by atoms with Crippen LogP contribution in [-0.4, -0.2) is 25.0 Å². The molecule has 0 aromatic carbocycles. The normalized spacial score (nSPS) is 26.3. The van der Waals surface area contributed by atoms with Crippen LogP contribution in [0.2, 0.25) is 0 Å². The fourth-order valence-corrected chi connectivity index (χ4v) is 4.17. The van der Waals surface area contributed by atoms with Crippen LogP contribution in [0.5, 0.6) is 0 Å². The Bertz CT molecular complexity index is 602. The van der Waals surface area contributed by atoms with Crippen molar-refractivity contribution >= 4 is 35.8 Å². The van der Waals surface area contributed by atoms with Crippen LogP contribution in [0.25, 0.3) is 0 Å². The Hall–Kier alpha value is -1.25. The van der Waals surface area contributed by atoms with Gasteiger partial charge in [-0.05, 0) is 43.2 Å². The molecular formula is C18H29IN4O2. The van der Waals surface area contributed by atoms with Crippen molar-refractivity contribution in [3.05, 3.63) is 23.7 Å². The van der Waals surface area contributed by atoms with Crippen LogP contribution in [0.4, 0.5) is 0 Å². The Labute approximate surface area is 166 Å². The lowest BCUT2D eigenvalue weighted by Crippen LogP contribution is -2.46. The van der Waals surface area contributed by atoms with Crippen molar-refractivity contribution in [1.29, 1.82) is 0 Å². The van der Waals surface area contributed by atoms with Crippen LogP contribution < -0.4 is 16.4 Å². The largest absolute Gasteiger partial charge is 0.454 e. The molecule has 7 heteroatoms. The number of carbonyl (C=O) groups is 1. The Morgan fingerprint density at radius 2 is 2.00 bits per heavy atom. The van der Waals surface area contributed by atoms with E-state index in [1.165, 1.54) is 44.9 Å². The Balaban J connectivity index is 0.00000225. The second-order valence-corrected chi connectivity index (χ2v) is 7.01. The number of nitrogens with zero attached hydrogens (tertiary/aromatic N) is 1. The van der Waals surface area contributed by atoms with Crippen molar-refractivity contribution in [1.82, 2.24) is 10.6 Å². The number of fused-ring (bicyclic) bond motifs is 1. The third kappa shape index (κ3) is 5.36. The van der Waals surface area contributed by atoms with Gasteiger partial charge in [0, 0.05) is 13.1 Å². The highest BCUT2D eigenvalue weighted by Gasteiger charge is 2.32. The first kappa shape index (κ1) is 20.1. The Morgan fingerprint density at radius 1 is 1.24 bits per heavy atom. The predicted octanol–water partition coefficient (Wildman–Crippen LogP) is 3.02. The molecule has 140 valence electrons. The number of nitrogens with two attached hydrogens (primary N) is 1. The summed E-state index contributed by atoms with van der Waals surface area (Å²) < 4.78 is 5.38. The standard InChI is InChI=1S/C18H28N4O2.HI/c1-20-18(21-11-15-8-9-16(24-15)17(19)23)22-14-7-6-12-4-2-3-5-13(12)10-14;/h8-9,12-14H,2-7,10-11H2,1H3,(H2,19,23)(H2,20,21,22);1H. The molecule has 25 heavy (non-hydrogen) atoms. The van der Waals surface area contributed by atoms with Crippen molar-refractivity contribution < 1.29 is 9.21 Å². The molecular weight excluding hydrogens is 431 g/mol. The highest BCUT2D eigenvalue weighted by Crippen LogP contribution is 2.40. The summed E-state index contributed by atoms with van der Waals surface area (Å²) in [7, 11) is 1.78. The molecule has 0 radical (unpaired) electrons. The molecule has 2 saturated carbocycles. The lowest BCUT2D eigenvalue weighted by atomic mass is 9.69. The monoisotopic (exact) mass is 460 g/mol. The second-order valence-electron chi connectivity index (χ2n) is 7.01. The highest BCUT2D eigenvalue weighted by atomic mass is 127. The molecule has 1 amide bonds. The van der Waals surface area contributed by atoms with E-state index in [-0.39, 0.29) is 29.7 Å². The Kier molecular flexibility index (Phi) is 7.58. The van der Waals surface area contributed by atoms with E-state index in [1.807, 2.05) is 0 Å². The Morgan fingerprint density at radius 3 is 2.68 bits per heavy atom.